The van der Waals surface area contributed by atoms with Crippen LogP contribution in [-0.4, -0.2) is 16.9 Å². The highest BCUT2D eigenvalue weighted by Gasteiger charge is 2.44. The molecule has 1 N–H and O–H groups in total. The Balaban J connectivity index is 2.33. The van der Waals surface area contributed by atoms with Crippen LogP contribution >= 0.6 is 0 Å². The summed E-state index contributed by atoms with van der Waals surface area (Å²) in [5.41, 5.74) is 0. The molecule has 0 heterocycles. The van der Waals surface area contributed by atoms with E-state index in [1.54, 1.807) is 0 Å². The van der Waals surface area contributed by atoms with Gasteiger partial charge in [0.05, 0.1) is 0 Å². The van der Waals surface area contributed by atoms with Crippen molar-refractivity contribution in [1.29, 1.82) is 0 Å². The second kappa shape index (κ2) is 1.84. The lowest BCUT2D eigenvalue weighted by molar-refractivity contribution is -0.168. The van der Waals surface area contributed by atoms with E-state index >= 15 is 0 Å². The fourth-order valence-electron chi connectivity index (χ4n) is 0.438. The van der Waals surface area contributed by atoms with Gasteiger partial charge in [-0.15, -0.1) is 0 Å². The molecule has 0 aromatic rings. The molecule has 0 aliphatic heterocycles. The van der Waals surface area contributed by atoms with Crippen LogP contribution in [0, 0.1) is 0 Å². The van der Waals surface area contributed by atoms with E-state index in [-0.39, 0.29) is 0 Å². The van der Waals surface area contributed by atoms with Crippen LogP contribution in [0.3, 0.4) is 0 Å². The molecule has 1 saturated carbocycles. The van der Waals surface area contributed by atoms with Gasteiger partial charge in [0.1, 0.15) is 0 Å². The van der Waals surface area contributed by atoms with Crippen LogP contribution in [0.15, 0.2) is 12.7 Å². The SMILES string of the molecule is C=CC(=O)OC1(O)CC1. The number of rotatable bonds is 2. The second-order valence-electron chi connectivity index (χ2n) is 2.07. The highest BCUT2D eigenvalue weighted by molar-refractivity contribution is 5.81. The summed E-state index contributed by atoms with van der Waals surface area (Å²) < 4.78 is 4.50. The number of hydrogen-bond acceptors (Lipinski definition) is 3. The molecule has 0 bridgehead atoms. The predicted molar refractivity (Wildman–Crippen MR) is 30.5 cm³/mol. The zero-order chi connectivity index (χ0) is 6.91. The summed E-state index contributed by atoms with van der Waals surface area (Å²) in [5.74, 6) is -1.71. The molecule has 50 valence electrons. The third kappa shape index (κ3) is 1.54. The first-order chi connectivity index (χ1) is 4.16. The Labute approximate surface area is 52.9 Å². The van der Waals surface area contributed by atoms with Crippen LogP contribution in [0.1, 0.15) is 12.8 Å². The second-order valence-corrected chi connectivity index (χ2v) is 2.07. The molecule has 3 nitrogen and oxygen atoms in total. The Hall–Kier alpha value is -0.830. The fourth-order valence-corrected chi connectivity index (χ4v) is 0.438. The quantitative estimate of drug-likeness (QED) is 0.328. The Bertz CT molecular complexity index is 146. The van der Waals surface area contributed by atoms with Crippen molar-refractivity contribution < 1.29 is 14.6 Å². The Morgan fingerprint density at radius 3 is 2.67 bits per heavy atom. The molecular weight excluding hydrogens is 120 g/mol. The number of carbonyl (C=O) groups is 1. The number of carbonyl (C=O) groups excluding carboxylic acids is 1. The Morgan fingerprint density at radius 2 is 2.33 bits per heavy atom. The van der Waals surface area contributed by atoms with Gasteiger partial charge in [-0.3, -0.25) is 0 Å². The first-order valence-corrected chi connectivity index (χ1v) is 2.74. The van der Waals surface area contributed by atoms with Crippen LogP contribution in [0.5, 0.6) is 0 Å². The monoisotopic (exact) mass is 128 g/mol. The maximum Gasteiger partial charge on any atom is 0.332 e. The smallest absolute Gasteiger partial charge is 0.332 e. The maximum atomic E-state index is 10.4. The van der Waals surface area contributed by atoms with Crippen molar-refractivity contribution in [3.8, 4) is 0 Å². The van der Waals surface area contributed by atoms with Crippen LogP contribution in [0.25, 0.3) is 0 Å². The van der Waals surface area contributed by atoms with E-state index in [0.29, 0.717) is 12.8 Å². The summed E-state index contributed by atoms with van der Waals surface area (Å²) in [6.07, 6.45) is 2.13. The molecule has 0 atom stereocenters. The van der Waals surface area contributed by atoms with Crippen LogP contribution in [0.2, 0.25) is 0 Å². The van der Waals surface area contributed by atoms with E-state index in [1.165, 1.54) is 0 Å². The molecular formula is C6H8O3. The standard InChI is InChI=1S/C6H8O3/c1-2-5(7)9-6(8)3-4-6/h2,8H,1,3-4H2. The third-order valence-corrected chi connectivity index (χ3v) is 1.13. The Kier molecular flexibility index (Phi) is 1.29. The van der Waals surface area contributed by atoms with Gasteiger partial charge < -0.3 is 9.84 Å². The highest BCUT2D eigenvalue weighted by atomic mass is 16.7. The van der Waals surface area contributed by atoms with Gasteiger partial charge >= 0.3 is 5.97 Å². The van der Waals surface area contributed by atoms with Crippen molar-refractivity contribution in [2.75, 3.05) is 0 Å². The first-order valence-electron chi connectivity index (χ1n) is 2.74. The van der Waals surface area contributed by atoms with Crippen molar-refractivity contribution >= 4 is 5.97 Å². The largest absolute Gasteiger partial charge is 0.430 e. The minimum atomic E-state index is -1.15. The number of aliphatic hydroxyl groups is 1. The average Bonchev–Trinajstić information content (AvgIpc) is 2.48. The number of hydrogen-bond donors (Lipinski definition) is 1. The molecule has 9 heavy (non-hydrogen) atoms. The molecule has 1 rings (SSSR count). The van der Waals surface area contributed by atoms with Crippen molar-refractivity contribution in [3.05, 3.63) is 12.7 Å². The minimum absolute atomic E-state index is 0.548. The van der Waals surface area contributed by atoms with Gasteiger partial charge in [0.2, 0.25) is 5.79 Å². The van der Waals surface area contributed by atoms with Gasteiger partial charge in [-0.2, -0.15) is 0 Å². The van der Waals surface area contributed by atoms with Crippen molar-refractivity contribution in [3.63, 3.8) is 0 Å². The average molecular weight is 128 g/mol. The van der Waals surface area contributed by atoms with Crippen molar-refractivity contribution in [1.82, 2.24) is 0 Å². The molecule has 0 spiro atoms. The van der Waals surface area contributed by atoms with Crippen LogP contribution in [0.4, 0.5) is 0 Å². The van der Waals surface area contributed by atoms with E-state index in [9.17, 15) is 4.79 Å². The van der Waals surface area contributed by atoms with Crippen molar-refractivity contribution in [2.24, 2.45) is 0 Å². The van der Waals surface area contributed by atoms with Crippen molar-refractivity contribution in [2.45, 2.75) is 18.6 Å². The van der Waals surface area contributed by atoms with E-state index < -0.39 is 11.8 Å². The predicted octanol–water partition coefficient (Wildman–Crippen LogP) is 0.198. The van der Waals surface area contributed by atoms with E-state index in [0.717, 1.165) is 6.08 Å². The molecule has 0 amide bonds. The first kappa shape index (κ1) is 6.29. The lowest BCUT2D eigenvalue weighted by Gasteiger charge is -2.05. The van der Waals surface area contributed by atoms with Crippen LogP contribution in [-0.2, 0) is 9.53 Å². The fraction of sp³-hybridized carbons (Fsp3) is 0.500. The number of ether oxygens (including phenoxy) is 1. The topological polar surface area (TPSA) is 46.5 Å². The summed E-state index contributed by atoms with van der Waals surface area (Å²) in [5, 5.41) is 8.94. The normalized spacial score (nSPS) is 20.6. The molecule has 3 heteroatoms. The summed E-state index contributed by atoms with van der Waals surface area (Å²) in [6.45, 7) is 3.19. The maximum absolute atomic E-state index is 10.4. The summed E-state index contributed by atoms with van der Waals surface area (Å²) in [7, 11) is 0. The zero-order valence-electron chi connectivity index (χ0n) is 4.96. The molecule has 0 unspecified atom stereocenters. The highest BCUT2D eigenvalue weighted by Crippen LogP contribution is 2.36. The summed E-state index contributed by atoms with van der Waals surface area (Å²) >= 11 is 0. The molecule has 0 aromatic heterocycles. The molecule has 1 aliphatic rings. The zero-order valence-corrected chi connectivity index (χ0v) is 4.96. The van der Waals surface area contributed by atoms with E-state index in [1.807, 2.05) is 0 Å². The van der Waals surface area contributed by atoms with Gasteiger partial charge in [-0.05, 0) is 0 Å². The molecule has 0 radical (unpaired) electrons. The van der Waals surface area contributed by atoms with Crippen LogP contribution < -0.4 is 0 Å². The number of esters is 1. The lowest BCUT2D eigenvalue weighted by atomic mass is 10.6. The van der Waals surface area contributed by atoms with Gasteiger partial charge in [0.15, 0.2) is 0 Å². The summed E-state index contributed by atoms with van der Waals surface area (Å²) in [6, 6.07) is 0. The van der Waals surface area contributed by atoms with Gasteiger partial charge in [0.25, 0.3) is 0 Å². The van der Waals surface area contributed by atoms with Gasteiger partial charge in [-0.1, -0.05) is 6.58 Å². The molecule has 1 aliphatic carbocycles. The van der Waals surface area contributed by atoms with Gasteiger partial charge in [-0.25, -0.2) is 4.79 Å². The van der Waals surface area contributed by atoms with E-state index in [4.69, 9.17) is 5.11 Å². The lowest BCUT2D eigenvalue weighted by Crippen LogP contribution is -2.16. The Morgan fingerprint density at radius 1 is 1.78 bits per heavy atom. The summed E-state index contributed by atoms with van der Waals surface area (Å²) in [4.78, 5) is 10.4. The van der Waals surface area contributed by atoms with E-state index in [2.05, 4.69) is 11.3 Å². The minimum Gasteiger partial charge on any atom is -0.430 e. The molecule has 0 saturated heterocycles. The molecule has 1 fully saturated rings. The van der Waals surface area contributed by atoms with Gasteiger partial charge in [0, 0.05) is 18.9 Å². The molecule has 0 aromatic carbocycles. The third-order valence-electron chi connectivity index (χ3n) is 1.13.